The van der Waals surface area contributed by atoms with Gasteiger partial charge in [-0.15, -0.1) is 0 Å². The predicted molar refractivity (Wildman–Crippen MR) is 123 cm³/mol. The quantitative estimate of drug-likeness (QED) is 0.359. The molecule has 0 aliphatic heterocycles. The molecular weight excluding hydrogens is 419 g/mol. The molecule has 30 heavy (non-hydrogen) atoms. The summed E-state index contributed by atoms with van der Waals surface area (Å²) in [6.07, 6.45) is 0. The average molecular weight is 439 g/mol. The molecular formula is C24H20Cl2N2O2. The fourth-order valence-corrected chi connectivity index (χ4v) is 3.46. The zero-order valence-electron chi connectivity index (χ0n) is 16.8. The zero-order chi connectivity index (χ0) is 21.4. The maximum Gasteiger partial charge on any atom is 0.255 e. The number of rotatable bonds is 4. The third kappa shape index (κ3) is 4.07. The second-order valence-corrected chi connectivity index (χ2v) is 8.33. The lowest BCUT2D eigenvalue weighted by atomic mass is 10.0. The van der Waals surface area contributed by atoms with Crippen LogP contribution in [0.15, 0.2) is 59.0 Å². The van der Waals surface area contributed by atoms with Crippen molar-refractivity contribution in [1.82, 2.24) is 4.98 Å². The maximum atomic E-state index is 12.7. The molecule has 6 heteroatoms. The maximum absolute atomic E-state index is 12.7. The minimum Gasteiger partial charge on any atom is -0.436 e. The van der Waals surface area contributed by atoms with Gasteiger partial charge in [0.05, 0.1) is 10.7 Å². The Kier molecular flexibility index (Phi) is 5.54. The van der Waals surface area contributed by atoms with Crippen molar-refractivity contribution in [2.45, 2.75) is 26.7 Å². The Morgan fingerprint density at radius 1 is 1.00 bits per heavy atom. The van der Waals surface area contributed by atoms with E-state index in [1.165, 1.54) is 5.56 Å². The first-order chi connectivity index (χ1) is 14.3. The lowest BCUT2D eigenvalue weighted by Gasteiger charge is -2.09. The standard InChI is InChI=1S/C24H20Cl2N2O2/c1-13(2)15-7-9-22-21(11-15)28-24(30-22)17-6-8-18(25)20(12-17)27-23(29)16-5-4-14(3)19(26)10-16/h4-13H,1-3H3,(H,27,29). The molecule has 0 fully saturated rings. The van der Waals surface area contributed by atoms with E-state index < -0.39 is 0 Å². The number of nitrogens with zero attached hydrogens (tertiary/aromatic N) is 1. The highest BCUT2D eigenvalue weighted by Gasteiger charge is 2.14. The van der Waals surface area contributed by atoms with Crippen molar-refractivity contribution in [3.8, 4) is 11.5 Å². The van der Waals surface area contributed by atoms with Gasteiger partial charge < -0.3 is 9.73 Å². The molecule has 0 unspecified atom stereocenters. The topological polar surface area (TPSA) is 55.1 Å². The van der Waals surface area contributed by atoms with Crippen molar-refractivity contribution in [2.75, 3.05) is 5.32 Å². The van der Waals surface area contributed by atoms with E-state index in [2.05, 4.69) is 24.1 Å². The molecule has 0 radical (unpaired) electrons. The summed E-state index contributed by atoms with van der Waals surface area (Å²) in [4.78, 5) is 17.3. The number of benzene rings is 3. The number of halogens is 2. The lowest BCUT2D eigenvalue weighted by Crippen LogP contribution is -2.12. The molecule has 1 heterocycles. The minimum absolute atomic E-state index is 0.296. The molecule has 4 rings (SSSR count). The van der Waals surface area contributed by atoms with Gasteiger partial charge in [0.2, 0.25) is 5.89 Å². The summed E-state index contributed by atoms with van der Waals surface area (Å²) in [5.41, 5.74) is 5.26. The number of fused-ring (bicyclic) bond motifs is 1. The second kappa shape index (κ2) is 8.13. The van der Waals surface area contributed by atoms with E-state index in [1.54, 1.807) is 30.3 Å². The molecule has 0 atom stereocenters. The van der Waals surface area contributed by atoms with Gasteiger partial charge in [0.1, 0.15) is 5.52 Å². The van der Waals surface area contributed by atoms with Gasteiger partial charge in [-0.05, 0) is 66.4 Å². The molecule has 152 valence electrons. The number of carbonyl (C=O) groups excluding carboxylic acids is 1. The van der Waals surface area contributed by atoms with Crippen LogP contribution in [0.1, 0.15) is 41.3 Å². The Morgan fingerprint density at radius 3 is 2.53 bits per heavy atom. The molecule has 0 aliphatic rings. The van der Waals surface area contributed by atoms with Crippen LogP contribution in [0.2, 0.25) is 10.0 Å². The number of nitrogens with one attached hydrogen (secondary N) is 1. The van der Waals surface area contributed by atoms with Crippen LogP contribution in [0.25, 0.3) is 22.6 Å². The third-order valence-electron chi connectivity index (χ3n) is 4.97. The van der Waals surface area contributed by atoms with Gasteiger partial charge in [-0.3, -0.25) is 4.79 Å². The fourth-order valence-electron chi connectivity index (χ4n) is 3.11. The largest absolute Gasteiger partial charge is 0.436 e. The Bertz CT molecular complexity index is 1260. The first-order valence-corrected chi connectivity index (χ1v) is 10.4. The molecule has 4 aromatic rings. The first-order valence-electron chi connectivity index (χ1n) is 9.60. The second-order valence-electron chi connectivity index (χ2n) is 7.51. The first kappa shape index (κ1) is 20.5. The van der Waals surface area contributed by atoms with Gasteiger partial charge in [-0.2, -0.15) is 0 Å². The number of carbonyl (C=O) groups is 1. The van der Waals surface area contributed by atoms with E-state index in [1.807, 2.05) is 31.2 Å². The molecule has 0 bridgehead atoms. The van der Waals surface area contributed by atoms with Crippen LogP contribution in [0.5, 0.6) is 0 Å². The van der Waals surface area contributed by atoms with Crippen molar-refractivity contribution in [1.29, 1.82) is 0 Å². The molecule has 0 spiro atoms. The average Bonchev–Trinajstić information content (AvgIpc) is 3.14. The van der Waals surface area contributed by atoms with E-state index in [4.69, 9.17) is 27.6 Å². The Morgan fingerprint density at radius 2 is 1.80 bits per heavy atom. The highest BCUT2D eigenvalue weighted by atomic mass is 35.5. The Labute approximate surface area is 184 Å². The van der Waals surface area contributed by atoms with Crippen LogP contribution in [0.3, 0.4) is 0 Å². The lowest BCUT2D eigenvalue weighted by molar-refractivity contribution is 0.102. The van der Waals surface area contributed by atoms with Crippen LogP contribution in [-0.2, 0) is 0 Å². The zero-order valence-corrected chi connectivity index (χ0v) is 18.3. The molecule has 1 N–H and O–H groups in total. The number of hydrogen-bond donors (Lipinski definition) is 1. The molecule has 3 aromatic carbocycles. The molecule has 0 saturated carbocycles. The number of amides is 1. The molecule has 1 aromatic heterocycles. The number of hydrogen-bond acceptors (Lipinski definition) is 3. The molecule has 0 saturated heterocycles. The van der Waals surface area contributed by atoms with E-state index >= 15 is 0 Å². The number of aryl methyl sites for hydroxylation is 1. The number of oxazole rings is 1. The van der Waals surface area contributed by atoms with E-state index in [0.717, 1.165) is 16.6 Å². The molecule has 0 aliphatic carbocycles. The minimum atomic E-state index is -0.296. The highest BCUT2D eigenvalue weighted by molar-refractivity contribution is 6.34. The van der Waals surface area contributed by atoms with Crippen molar-refractivity contribution in [3.05, 3.63) is 81.3 Å². The van der Waals surface area contributed by atoms with Crippen molar-refractivity contribution in [3.63, 3.8) is 0 Å². The van der Waals surface area contributed by atoms with Crippen LogP contribution in [0.4, 0.5) is 5.69 Å². The molecule has 1 amide bonds. The van der Waals surface area contributed by atoms with Gasteiger partial charge in [0.15, 0.2) is 5.58 Å². The fraction of sp³-hybridized carbons (Fsp3) is 0.167. The Hall–Kier alpha value is -2.82. The summed E-state index contributed by atoms with van der Waals surface area (Å²) in [5.74, 6) is 0.578. The van der Waals surface area contributed by atoms with Crippen LogP contribution in [0, 0.1) is 6.92 Å². The smallest absolute Gasteiger partial charge is 0.255 e. The van der Waals surface area contributed by atoms with Crippen molar-refractivity contribution >= 4 is 45.9 Å². The number of aromatic nitrogens is 1. The predicted octanol–water partition coefficient (Wildman–Crippen LogP) is 7.49. The van der Waals surface area contributed by atoms with Gasteiger partial charge in [0.25, 0.3) is 5.91 Å². The van der Waals surface area contributed by atoms with Crippen LogP contribution >= 0.6 is 23.2 Å². The van der Waals surface area contributed by atoms with E-state index in [0.29, 0.717) is 38.7 Å². The van der Waals surface area contributed by atoms with Crippen molar-refractivity contribution in [2.24, 2.45) is 0 Å². The highest BCUT2D eigenvalue weighted by Crippen LogP contribution is 2.32. The summed E-state index contributed by atoms with van der Waals surface area (Å²) in [7, 11) is 0. The van der Waals surface area contributed by atoms with E-state index in [9.17, 15) is 4.79 Å². The summed E-state index contributed by atoms with van der Waals surface area (Å²) >= 11 is 12.5. The van der Waals surface area contributed by atoms with Crippen LogP contribution < -0.4 is 5.32 Å². The van der Waals surface area contributed by atoms with E-state index in [-0.39, 0.29) is 5.91 Å². The van der Waals surface area contributed by atoms with Crippen LogP contribution in [-0.4, -0.2) is 10.9 Å². The van der Waals surface area contributed by atoms with Gasteiger partial charge in [-0.25, -0.2) is 4.98 Å². The molecule has 4 nitrogen and oxygen atoms in total. The van der Waals surface area contributed by atoms with Crippen molar-refractivity contribution < 1.29 is 9.21 Å². The summed E-state index contributed by atoms with van der Waals surface area (Å²) in [5, 5.41) is 3.80. The number of anilines is 1. The SMILES string of the molecule is Cc1ccc(C(=O)Nc2cc(-c3nc4cc(C(C)C)ccc4o3)ccc2Cl)cc1Cl. The van der Waals surface area contributed by atoms with Gasteiger partial charge in [0, 0.05) is 16.1 Å². The monoisotopic (exact) mass is 438 g/mol. The summed E-state index contributed by atoms with van der Waals surface area (Å²) in [6.45, 7) is 6.16. The third-order valence-corrected chi connectivity index (χ3v) is 5.71. The van der Waals surface area contributed by atoms with Gasteiger partial charge >= 0.3 is 0 Å². The Balaban J connectivity index is 1.65. The van der Waals surface area contributed by atoms with Gasteiger partial charge in [-0.1, -0.05) is 49.2 Å². The normalized spacial score (nSPS) is 11.3. The summed E-state index contributed by atoms with van der Waals surface area (Å²) in [6, 6.07) is 16.5. The summed E-state index contributed by atoms with van der Waals surface area (Å²) < 4.78 is 5.92.